The fourth-order valence-electron chi connectivity index (χ4n) is 1.11. The average molecular weight is 225 g/mol. The van der Waals surface area contributed by atoms with Crippen LogP contribution >= 0.6 is 11.8 Å². The number of carbonyl (C=O) groups is 1. The summed E-state index contributed by atoms with van der Waals surface area (Å²) in [5.74, 6) is -0.816. The zero-order valence-electron chi connectivity index (χ0n) is 9.07. The van der Waals surface area contributed by atoms with E-state index in [1.807, 2.05) is 19.1 Å². The monoisotopic (exact) mass is 225 g/mol. The maximum absolute atomic E-state index is 11.0. The molecule has 0 atom stereocenters. The molecule has 3 N–H and O–H groups in total. The van der Waals surface area contributed by atoms with Gasteiger partial charge in [0.2, 0.25) is 0 Å². The van der Waals surface area contributed by atoms with Gasteiger partial charge in [0.15, 0.2) is 0 Å². The molecule has 0 aliphatic carbocycles. The second-order valence-corrected chi connectivity index (χ2v) is 5.61. The highest BCUT2D eigenvalue weighted by atomic mass is 32.2. The molecule has 0 heterocycles. The Bertz CT molecular complexity index is 388. The molecule has 15 heavy (non-hydrogen) atoms. The van der Waals surface area contributed by atoms with Crippen LogP contribution in [-0.4, -0.2) is 15.8 Å². The maximum Gasteiger partial charge on any atom is 0.319 e. The molecule has 0 saturated carbocycles. The van der Waals surface area contributed by atoms with Crippen molar-refractivity contribution in [2.24, 2.45) is 0 Å². The summed E-state index contributed by atoms with van der Waals surface area (Å²) in [5.41, 5.74) is 7.33. The highest BCUT2D eigenvalue weighted by Gasteiger charge is 2.28. The van der Waals surface area contributed by atoms with Crippen LogP contribution in [-0.2, 0) is 4.79 Å². The van der Waals surface area contributed by atoms with Gasteiger partial charge >= 0.3 is 5.97 Å². The van der Waals surface area contributed by atoms with Crippen molar-refractivity contribution < 1.29 is 9.90 Å². The number of benzene rings is 1. The van der Waals surface area contributed by atoms with Crippen LogP contribution < -0.4 is 5.73 Å². The number of aryl methyl sites for hydroxylation is 1. The standard InChI is InChI=1S/C11H15NO2S/c1-7-6-8(12)4-5-9(7)15-11(2,3)10(13)14/h4-6H,12H2,1-3H3,(H,13,14). The first kappa shape index (κ1) is 11.9. The number of anilines is 1. The van der Waals surface area contributed by atoms with Crippen molar-refractivity contribution in [3.05, 3.63) is 23.8 Å². The molecule has 0 spiro atoms. The van der Waals surface area contributed by atoms with Gasteiger partial charge in [-0.25, -0.2) is 0 Å². The first-order chi connectivity index (χ1) is 6.83. The van der Waals surface area contributed by atoms with E-state index >= 15 is 0 Å². The van der Waals surface area contributed by atoms with Crippen LogP contribution in [0.4, 0.5) is 5.69 Å². The average Bonchev–Trinajstić information content (AvgIpc) is 2.09. The maximum atomic E-state index is 11.0. The van der Waals surface area contributed by atoms with E-state index in [-0.39, 0.29) is 0 Å². The minimum atomic E-state index is -0.819. The van der Waals surface area contributed by atoms with Crippen molar-refractivity contribution in [1.82, 2.24) is 0 Å². The molecule has 0 radical (unpaired) electrons. The third-order valence-corrected chi connectivity index (χ3v) is 3.44. The molecule has 0 aliphatic rings. The minimum Gasteiger partial charge on any atom is -0.480 e. The van der Waals surface area contributed by atoms with Crippen LogP contribution in [0.25, 0.3) is 0 Å². The van der Waals surface area contributed by atoms with E-state index in [4.69, 9.17) is 10.8 Å². The lowest BCUT2D eigenvalue weighted by Gasteiger charge is -2.19. The highest BCUT2D eigenvalue weighted by molar-refractivity contribution is 8.01. The summed E-state index contributed by atoms with van der Waals surface area (Å²) in [5, 5.41) is 9.00. The van der Waals surface area contributed by atoms with Crippen molar-refractivity contribution in [3.63, 3.8) is 0 Å². The third-order valence-electron chi connectivity index (χ3n) is 2.08. The Morgan fingerprint density at radius 3 is 2.53 bits per heavy atom. The molecule has 0 bridgehead atoms. The zero-order chi connectivity index (χ0) is 11.6. The molecule has 0 saturated heterocycles. The number of hydrogen-bond acceptors (Lipinski definition) is 3. The van der Waals surface area contributed by atoms with E-state index in [1.165, 1.54) is 11.8 Å². The Morgan fingerprint density at radius 2 is 2.07 bits per heavy atom. The van der Waals surface area contributed by atoms with E-state index in [1.54, 1.807) is 19.9 Å². The topological polar surface area (TPSA) is 63.3 Å². The zero-order valence-corrected chi connectivity index (χ0v) is 9.89. The van der Waals surface area contributed by atoms with Crippen molar-refractivity contribution in [2.45, 2.75) is 30.4 Å². The largest absolute Gasteiger partial charge is 0.480 e. The number of aliphatic carboxylic acids is 1. The SMILES string of the molecule is Cc1cc(N)ccc1SC(C)(C)C(=O)O. The summed E-state index contributed by atoms with van der Waals surface area (Å²) >= 11 is 1.33. The molecule has 3 nitrogen and oxygen atoms in total. The number of rotatable bonds is 3. The van der Waals surface area contributed by atoms with Gasteiger partial charge in [-0.2, -0.15) is 0 Å². The predicted molar refractivity (Wildman–Crippen MR) is 63.2 cm³/mol. The van der Waals surface area contributed by atoms with Crippen LogP contribution in [0.15, 0.2) is 23.1 Å². The lowest BCUT2D eigenvalue weighted by molar-refractivity contribution is -0.138. The first-order valence-electron chi connectivity index (χ1n) is 4.61. The molecular formula is C11H15NO2S. The van der Waals surface area contributed by atoms with Gasteiger partial charge in [0.05, 0.1) is 0 Å². The molecular weight excluding hydrogens is 210 g/mol. The molecule has 1 rings (SSSR count). The summed E-state index contributed by atoms with van der Waals surface area (Å²) in [6.45, 7) is 5.31. The quantitative estimate of drug-likeness (QED) is 0.613. The summed E-state index contributed by atoms with van der Waals surface area (Å²) in [6, 6.07) is 5.49. The van der Waals surface area contributed by atoms with E-state index in [0.29, 0.717) is 5.69 Å². The smallest absolute Gasteiger partial charge is 0.319 e. The Balaban J connectivity index is 2.95. The number of thioether (sulfide) groups is 1. The Kier molecular flexibility index (Phi) is 3.29. The molecule has 1 aromatic rings. The summed E-state index contributed by atoms with van der Waals surface area (Å²) in [4.78, 5) is 11.9. The Morgan fingerprint density at radius 1 is 1.47 bits per heavy atom. The van der Waals surface area contributed by atoms with Crippen molar-refractivity contribution in [2.75, 3.05) is 5.73 Å². The van der Waals surface area contributed by atoms with Gasteiger partial charge in [0, 0.05) is 10.6 Å². The third kappa shape index (κ3) is 2.89. The van der Waals surface area contributed by atoms with E-state index in [9.17, 15) is 4.79 Å². The number of nitrogens with two attached hydrogens (primary N) is 1. The molecule has 0 aromatic heterocycles. The number of carboxylic acids is 1. The van der Waals surface area contributed by atoms with E-state index in [0.717, 1.165) is 10.5 Å². The van der Waals surface area contributed by atoms with Crippen LogP contribution in [0.3, 0.4) is 0 Å². The van der Waals surface area contributed by atoms with Crippen molar-refractivity contribution in [1.29, 1.82) is 0 Å². The minimum absolute atomic E-state index is 0.699. The molecule has 1 aromatic carbocycles. The molecule has 4 heteroatoms. The Labute approximate surface area is 93.7 Å². The van der Waals surface area contributed by atoms with Crippen LogP contribution in [0.2, 0.25) is 0 Å². The first-order valence-corrected chi connectivity index (χ1v) is 5.43. The number of carboxylic acid groups (broad SMARTS) is 1. The second-order valence-electron chi connectivity index (χ2n) is 3.94. The lowest BCUT2D eigenvalue weighted by Crippen LogP contribution is -2.27. The fraction of sp³-hybridized carbons (Fsp3) is 0.364. The van der Waals surface area contributed by atoms with Gasteiger partial charge in [-0.05, 0) is 44.5 Å². The Hall–Kier alpha value is -1.16. The number of nitrogen functional groups attached to an aromatic ring is 1. The highest BCUT2D eigenvalue weighted by Crippen LogP contribution is 2.35. The van der Waals surface area contributed by atoms with Gasteiger partial charge in [-0.3, -0.25) is 4.79 Å². The van der Waals surface area contributed by atoms with Gasteiger partial charge in [0.1, 0.15) is 4.75 Å². The molecule has 0 fully saturated rings. The summed E-state index contributed by atoms with van der Waals surface area (Å²) in [6.07, 6.45) is 0. The predicted octanol–water partition coefficient (Wildman–Crippen LogP) is 2.53. The van der Waals surface area contributed by atoms with Crippen molar-refractivity contribution >= 4 is 23.4 Å². The molecule has 82 valence electrons. The van der Waals surface area contributed by atoms with Crippen LogP contribution in [0.1, 0.15) is 19.4 Å². The van der Waals surface area contributed by atoms with Gasteiger partial charge < -0.3 is 10.8 Å². The summed E-state index contributed by atoms with van der Waals surface area (Å²) in [7, 11) is 0. The second kappa shape index (κ2) is 4.14. The lowest BCUT2D eigenvalue weighted by atomic mass is 10.2. The van der Waals surface area contributed by atoms with E-state index < -0.39 is 10.7 Å². The van der Waals surface area contributed by atoms with Crippen molar-refractivity contribution in [3.8, 4) is 0 Å². The van der Waals surface area contributed by atoms with E-state index in [2.05, 4.69) is 0 Å². The van der Waals surface area contributed by atoms with Gasteiger partial charge in [-0.15, -0.1) is 11.8 Å². The molecule has 0 unspecified atom stereocenters. The molecule has 0 amide bonds. The molecule has 0 aliphatic heterocycles. The fourth-order valence-corrected chi connectivity index (χ4v) is 2.10. The van der Waals surface area contributed by atoms with Gasteiger partial charge in [0.25, 0.3) is 0 Å². The summed E-state index contributed by atoms with van der Waals surface area (Å²) < 4.78 is -0.819. The van der Waals surface area contributed by atoms with Crippen LogP contribution in [0.5, 0.6) is 0 Å². The van der Waals surface area contributed by atoms with Gasteiger partial charge in [-0.1, -0.05) is 0 Å². The number of hydrogen-bond donors (Lipinski definition) is 2. The van der Waals surface area contributed by atoms with Crippen LogP contribution in [0, 0.1) is 6.92 Å². The normalized spacial score (nSPS) is 11.4.